The van der Waals surface area contributed by atoms with Crippen LogP contribution in [0.4, 0.5) is 0 Å². The van der Waals surface area contributed by atoms with Gasteiger partial charge in [-0.25, -0.2) is 0 Å². The van der Waals surface area contributed by atoms with Crippen molar-refractivity contribution in [2.24, 2.45) is 5.11 Å². The Bertz CT molecular complexity index is 159. The molecule has 0 amide bonds. The molecule has 0 bridgehead atoms. The fraction of sp³-hybridized carbons (Fsp3) is 1.00. The van der Waals surface area contributed by atoms with E-state index in [4.69, 9.17) is 22.5 Å². The van der Waals surface area contributed by atoms with E-state index in [9.17, 15) is 0 Å². The summed E-state index contributed by atoms with van der Waals surface area (Å²) in [6.07, 6.45) is 2.75. The molecule has 0 unspecified atom stereocenters. The Morgan fingerprint density at radius 2 is 2.56 bits per heavy atom. The van der Waals surface area contributed by atoms with Crippen LogP contribution in [0.1, 0.15) is 32.6 Å². The number of nitrogens with zero attached hydrogens (tertiary/aromatic N) is 3. The minimum absolute atomic E-state index is 0. The van der Waals surface area contributed by atoms with Gasteiger partial charge in [0.2, 0.25) is 0 Å². The largest absolute Gasteiger partial charge is 0.396 e. The fourth-order valence-electron chi connectivity index (χ4n) is 0.969. The van der Waals surface area contributed by atoms with Gasteiger partial charge < -0.3 is 5.11 Å². The van der Waals surface area contributed by atoms with E-state index in [1.165, 1.54) is 0 Å². The average molecular weight is 146 g/mol. The van der Waals surface area contributed by atoms with Crippen molar-refractivity contribution in [1.82, 2.24) is 0 Å². The lowest BCUT2D eigenvalue weighted by atomic mass is 9.78. The first-order chi connectivity index (χ1) is 8.33. The second-order valence-electron chi connectivity index (χ2n) is 2.43. The predicted molar refractivity (Wildman–Crippen MR) is 43.4 cm³/mol. The minimum atomic E-state index is -0.422. The predicted octanol–water partition coefficient (Wildman–Crippen LogP) is 2.44. The van der Waals surface area contributed by atoms with Gasteiger partial charge >= 0.3 is 0 Å². The van der Waals surface area contributed by atoms with E-state index in [2.05, 4.69) is 10.0 Å². The molecule has 0 aromatic heterocycles. The van der Waals surface area contributed by atoms with Gasteiger partial charge in [0.05, 0.1) is 12.1 Å². The maximum Gasteiger partial charge on any atom is 0.0718 e. The number of azide groups is 1. The smallest absolute Gasteiger partial charge is 0.0718 e. The highest BCUT2D eigenvalue weighted by Gasteiger charge is 2.35. The summed E-state index contributed by atoms with van der Waals surface area (Å²) in [5, 5.41) is 12.2. The molecule has 1 rings (SSSR count). The summed E-state index contributed by atoms with van der Waals surface area (Å²) in [7, 11) is 0. The third-order valence-electron chi connectivity index (χ3n) is 1.84. The molecule has 0 spiro atoms. The number of hydrogen-bond donors (Lipinski definition) is 1. The molecule has 0 aromatic rings. The van der Waals surface area contributed by atoms with Gasteiger partial charge in [-0.1, -0.05) is 11.5 Å². The van der Waals surface area contributed by atoms with Crippen LogP contribution in [0.3, 0.4) is 0 Å². The monoisotopic (exact) mass is 146 g/mol. The van der Waals surface area contributed by atoms with Gasteiger partial charge in [-0.2, -0.15) is 0 Å². The van der Waals surface area contributed by atoms with E-state index in [0.29, 0.717) is 0 Å². The molecule has 1 saturated carbocycles. The first-order valence-corrected chi connectivity index (χ1v) is 3.00. The molecule has 60 valence electrons. The molecule has 0 radical (unpaired) electrons. The van der Waals surface area contributed by atoms with Crippen LogP contribution in [-0.4, -0.2) is 17.3 Å². The highest BCUT2D eigenvalue weighted by Crippen LogP contribution is 2.35. The van der Waals surface area contributed by atoms with Crippen molar-refractivity contribution in [2.45, 2.75) is 24.8 Å². The first kappa shape index (κ1) is 2.90. The van der Waals surface area contributed by atoms with Crippen molar-refractivity contribution in [1.29, 1.82) is 0 Å². The lowest BCUT2D eigenvalue weighted by Crippen LogP contribution is -2.38. The van der Waals surface area contributed by atoms with Crippen LogP contribution in [0.2, 0.25) is 0 Å². The van der Waals surface area contributed by atoms with E-state index in [-0.39, 0.29) is 8.03 Å². The lowest BCUT2D eigenvalue weighted by Gasteiger charge is -2.34. The normalized spacial score (nSPS) is 25.4. The molecule has 4 heteroatoms. The summed E-state index contributed by atoms with van der Waals surface area (Å²) in [6.45, 7) is -0.00292. The Balaban J connectivity index is -0.0000000542. The Morgan fingerprint density at radius 3 is 2.67 bits per heavy atom. The van der Waals surface area contributed by atoms with Crippen molar-refractivity contribution in [3.8, 4) is 0 Å². The van der Waals surface area contributed by atoms with Crippen molar-refractivity contribution < 1.29 is 18.4 Å². The maximum atomic E-state index is 8.70. The number of aliphatic hydroxyl groups is 1. The van der Waals surface area contributed by atoms with Crippen molar-refractivity contribution in [3.05, 3.63) is 10.4 Å². The summed E-state index contributed by atoms with van der Waals surface area (Å²) >= 11 is 0. The van der Waals surface area contributed by atoms with E-state index >= 15 is 0 Å². The summed E-state index contributed by atoms with van der Waals surface area (Å²) in [6, 6.07) is 0. The van der Waals surface area contributed by atoms with Crippen LogP contribution in [-0.2, 0) is 0 Å². The fourth-order valence-corrected chi connectivity index (χ4v) is 0.969. The van der Waals surface area contributed by atoms with Crippen molar-refractivity contribution >= 4 is 0 Å². The topological polar surface area (TPSA) is 69.0 Å². The quantitative estimate of drug-likeness (QED) is 0.363. The molecule has 0 atom stereocenters. The van der Waals surface area contributed by atoms with Gasteiger partial charge in [-0.15, -0.1) is 0 Å². The molecule has 0 aliphatic heterocycles. The molecule has 0 aromatic carbocycles. The van der Waals surface area contributed by atoms with E-state index in [1.807, 2.05) is 0 Å². The highest BCUT2D eigenvalue weighted by molar-refractivity contribution is 4.95. The molecule has 9 heavy (non-hydrogen) atoms. The molecule has 0 saturated heterocycles. The lowest BCUT2D eigenvalue weighted by molar-refractivity contribution is 0.126. The van der Waals surface area contributed by atoms with Crippen LogP contribution < -0.4 is 0 Å². The Hall–Kier alpha value is -0.730. The third kappa shape index (κ3) is 0.992. The molecular formula is C5H19N3O. The number of aliphatic hydroxyl groups excluding tert-OH is 1. The van der Waals surface area contributed by atoms with Gasteiger partial charge in [0, 0.05) is 18.2 Å². The molecule has 1 aliphatic carbocycles. The molecule has 1 fully saturated rings. The van der Waals surface area contributed by atoms with E-state index in [1.54, 1.807) is 0 Å². The summed E-state index contributed by atoms with van der Waals surface area (Å²) in [4.78, 5) is 2.67. The zero-order valence-corrected chi connectivity index (χ0v) is 5.12. The van der Waals surface area contributed by atoms with Crippen molar-refractivity contribution in [3.63, 3.8) is 0 Å². The standard InChI is InChI=1S/C5H9N3O.5H2/c6-8-7-5(4-9)2-1-3-5;;;;;/h9H,1-4H2;5*1H/i;4*1+1D;1+1. The van der Waals surface area contributed by atoms with Crippen LogP contribution in [0, 0.1) is 0 Å². The molecule has 1 aliphatic rings. The summed E-state index contributed by atoms with van der Waals surface area (Å²) in [5.41, 5.74) is 7.62. The minimum Gasteiger partial charge on any atom is -0.396 e. The Kier molecular flexibility index (Phi) is 0.726. The number of rotatable bonds is 2. The molecule has 1 N–H and O–H groups in total. The number of hydrogen-bond acceptors (Lipinski definition) is 2. The average Bonchev–Trinajstić information content (AvgIpc) is 2.43. The highest BCUT2D eigenvalue weighted by atomic mass is 16.3. The van der Waals surface area contributed by atoms with Gasteiger partial charge in [-0.3, -0.25) is 0 Å². The first-order valence-electron chi connectivity index (χ1n) is 7.00. The maximum absolute atomic E-state index is 8.70. The Morgan fingerprint density at radius 1 is 1.89 bits per heavy atom. The van der Waals surface area contributed by atoms with Gasteiger partial charge in [0.25, 0.3) is 0 Å². The zero-order valence-electron chi connectivity index (χ0n) is 13.1. The molecule has 4 nitrogen and oxygen atoms in total. The van der Waals surface area contributed by atoms with E-state index in [0.717, 1.165) is 19.3 Å². The summed E-state index contributed by atoms with van der Waals surface area (Å²) in [5.74, 6) is 0. The molecule has 0 heterocycles. The summed E-state index contributed by atoms with van der Waals surface area (Å²) < 4.78 is 40.0. The van der Waals surface area contributed by atoms with Crippen LogP contribution in [0.25, 0.3) is 10.4 Å². The molecular weight excluding hydrogens is 118 g/mol. The van der Waals surface area contributed by atoms with Gasteiger partial charge in [0.15, 0.2) is 0 Å². The van der Waals surface area contributed by atoms with Crippen LogP contribution in [0.5, 0.6) is 0 Å². The SMILES string of the molecule is [2HH].[2H][2H].[2H][2H].[2H][2H].[2H][2H].[N-]=[N+]=NC1(CO)CCC1. The third-order valence-corrected chi connectivity index (χ3v) is 1.84. The van der Waals surface area contributed by atoms with Crippen molar-refractivity contribution in [2.75, 3.05) is 6.61 Å². The second-order valence-corrected chi connectivity index (χ2v) is 2.43. The van der Waals surface area contributed by atoms with Gasteiger partial charge in [0.1, 0.15) is 0 Å². The zero-order chi connectivity index (χ0) is 14.7. The second kappa shape index (κ2) is 2.25. The van der Waals surface area contributed by atoms with Crippen LogP contribution >= 0.6 is 0 Å². The van der Waals surface area contributed by atoms with E-state index < -0.39 is 5.54 Å². The Labute approximate surface area is 66.9 Å². The van der Waals surface area contributed by atoms with Gasteiger partial charge in [-0.05, 0) is 18.4 Å². The van der Waals surface area contributed by atoms with Crippen LogP contribution in [0.15, 0.2) is 5.11 Å².